The third kappa shape index (κ3) is 2.80. The van der Waals surface area contributed by atoms with Crippen LogP contribution < -0.4 is 0 Å². The summed E-state index contributed by atoms with van der Waals surface area (Å²) in [4.78, 5) is 20.5. The quantitative estimate of drug-likeness (QED) is 0.501. The summed E-state index contributed by atoms with van der Waals surface area (Å²) < 4.78 is 0. The Kier molecular flexibility index (Phi) is 3.63. The number of hydrogen-bond donors (Lipinski definition) is 1. The van der Waals surface area contributed by atoms with Crippen molar-refractivity contribution < 1.29 is 14.8 Å². The first kappa shape index (κ1) is 12.2. The second-order valence-corrected chi connectivity index (χ2v) is 3.52. The number of hydrogen-bond acceptors (Lipinski definition) is 3. The van der Waals surface area contributed by atoms with Crippen molar-refractivity contribution >= 4 is 29.3 Å². The summed E-state index contributed by atoms with van der Waals surface area (Å²) in [7, 11) is 0. The number of nitro benzene ring substituents is 1. The summed E-state index contributed by atoms with van der Waals surface area (Å²) in [5, 5.41) is 19.5. The van der Waals surface area contributed by atoms with Crippen molar-refractivity contribution in [1.29, 1.82) is 0 Å². The van der Waals surface area contributed by atoms with E-state index in [0.29, 0.717) is 5.56 Å². The highest BCUT2D eigenvalue weighted by atomic mass is 35.5. The number of nitro groups is 1. The molecule has 0 radical (unpaired) electrons. The highest BCUT2D eigenvalue weighted by Gasteiger charge is 2.15. The Morgan fingerprint density at radius 3 is 2.69 bits per heavy atom. The van der Waals surface area contributed by atoms with Gasteiger partial charge in [-0.15, -0.1) is 0 Å². The van der Waals surface area contributed by atoms with E-state index in [-0.39, 0.29) is 16.3 Å². The normalized spacial score (nSPS) is 10.6. The summed E-state index contributed by atoms with van der Waals surface area (Å²) in [5.41, 5.74) is 0.594. The van der Waals surface area contributed by atoms with E-state index < -0.39 is 10.9 Å². The van der Waals surface area contributed by atoms with Gasteiger partial charge in [-0.25, -0.2) is 4.79 Å². The summed E-state index contributed by atoms with van der Waals surface area (Å²) in [6, 6.07) is 2.73. The van der Waals surface area contributed by atoms with Crippen LogP contribution in [0, 0.1) is 17.0 Å². The van der Waals surface area contributed by atoms with Gasteiger partial charge < -0.3 is 5.11 Å². The minimum Gasteiger partial charge on any atom is -0.478 e. The molecule has 0 unspecified atom stereocenters. The van der Waals surface area contributed by atoms with Crippen molar-refractivity contribution in [3.05, 3.63) is 44.5 Å². The van der Waals surface area contributed by atoms with E-state index in [1.807, 2.05) is 0 Å². The summed E-state index contributed by atoms with van der Waals surface area (Å²) in [5.74, 6) is -1.16. The lowest BCUT2D eigenvalue weighted by Gasteiger charge is -2.02. The van der Waals surface area contributed by atoms with E-state index in [1.165, 1.54) is 18.2 Å². The van der Waals surface area contributed by atoms with Crippen molar-refractivity contribution in [1.82, 2.24) is 0 Å². The van der Waals surface area contributed by atoms with Gasteiger partial charge in [-0.05, 0) is 24.6 Å². The maximum absolute atomic E-state index is 10.7. The van der Waals surface area contributed by atoms with Crippen molar-refractivity contribution in [2.75, 3.05) is 0 Å². The van der Waals surface area contributed by atoms with Crippen LogP contribution in [0.4, 0.5) is 5.69 Å². The number of rotatable bonds is 3. The van der Waals surface area contributed by atoms with Gasteiger partial charge in [0.15, 0.2) is 0 Å². The number of carboxylic acids is 1. The second kappa shape index (κ2) is 4.76. The van der Waals surface area contributed by atoms with E-state index in [9.17, 15) is 14.9 Å². The number of carbonyl (C=O) groups is 1. The van der Waals surface area contributed by atoms with Crippen LogP contribution in [0.2, 0.25) is 5.02 Å². The zero-order valence-corrected chi connectivity index (χ0v) is 9.06. The van der Waals surface area contributed by atoms with Gasteiger partial charge in [-0.1, -0.05) is 11.6 Å². The molecular weight excluding hydrogens is 234 g/mol. The molecule has 0 amide bonds. The first-order valence-electron chi connectivity index (χ1n) is 4.27. The third-order valence-corrected chi connectivity index (χ3v) is 2.14. The zero-order valence-electron chi connectivity index (χ0n) is 8.31. The lowest BCUT2D eigenvalue weighted by Crippen LogP contribution is -1.95. The zero-order chi connectivity index (χ0) is 12.3. The molecule has 0 saturated heterocycles. The average Bonchev–Trinajstić information content (AvgIpc) is 2.14. The highest BCUT2D eigenvalue weighted by Crippen LogP contribution is 2.27. The van der Waals surface area contributed by atoms with Gasteiger partial charge in [0, 0.05) is 17.2 Å². The smallest absolute Gasteiger partial charge is 0.328 e. The molecule has 5 nitrogen and oxygen atoms in total. The largest absolute Gasteiger partial charge is 0.478 e. The molecular formula is C10H8ClNO4. The number of halogens is 1. The van der Waals surface area contributed by atoms with Gasteiger partial charge in [0.05, 0.1) is 10.5 Å². The summed E-state index contributed by atoms with van der Waals surface area (Å²) in [6.07, 6.45) is 2.04. The molecule has 1 aromatic rings. The number of aliphatic carboxylic acids is 1. The molecule has 84 valence electrons. The van der Waals surface area contributed by atoms with E-state index in [1.54, 1.807) is 6.92 Å². The van der Waals surface area contributed by atoms with Crippen LogP contribution in [-0.2, 0) is 4.79 Å². The Morgan fingerprint density at radius 1 is 1.56 bits per heavy atom. The van der Waals surface area contributed by atoms with Crippen LogP contribution in [-0.4, -0.2) is 16.0 Å². The van der Waals surface area contributed by atoms with Crippen LogP contribution >= 0.6 is 11.6 Å². The first-order chi connectivity index (χ1) is 7.41. The molecule has 0 aliphatic carbocycles. The van der Waals surface area contributed by atoms with Crippen LogP contribution in [0.15, 0.2) is 18.2 Å². The molecule has 0 spiro atoms. The molecule has 0 aliphatic heterocycles. The Labute approximate surface area is 96.1 Å². The molecule has 6 heteroatoms. The molecule has 1 rings (SSSR count). The fourth-order valence-corrected chi connectivity index (χ4v) is 1.53. The number of carboxylic acid groups (broad SMARTS) is 1. The topological polar surface area (TPSA) is 80.4 Å². The lowest BCUT2D eigenvalue weighted by molar-refractivity contribution is -0.385. The predicted molar refractivity (Wildman–Crippen MR) is 59.5 cm³/mol. The highest BCUT2D eigenvalue weighted by molar-refractivity contribution is 6.31. The summed E-state index contributed by atoms with van der Waals surface area (Å²) in [6.45, 7) is 1.63. The molecule has 0 atom stereocenters. The Morgan fingerprint density at radius 2 is 2.19 bits per heavy atom. The minimum atomic E-state index is -1.16. The van der Waals surface area contributed by atoms with Crippen molar-refractivity contribution in [2.24, 2.45) is 0 Å². The third-order valence-electron chi connectivity index (χ3n) is 1.92. The Bertz CT molecular complexity index is 482. The van der Waals surface area contributed by atoms with Gasteiger partial charge in [0.1, 0.15) is 0 Å². The molecule has 1 aromatic carbocycles. The minimum absolute atomic E-state index is 0.206. The maximum atomic E-state index is 10.7. The van der Waals surface area contributed by atoms with Crippen molar-refractivity contribution in [3.63, 3.8) is 0 Å². The lowest BCUT2D eigenvalue weighted by atomic mass is 10.1. The fraction of sp³-hybridized carbons (Fsp3) is 0.100. The molecule has 0 fully saturated rings. The maximum Gasteiger partial charge on any atom is 0.328 e. The van der Waals surface area contributed by atoms with Crippen LogP contribution in [0.3, 0.4) is 0 Å². The standard InChI is InChI=1S/C10H8ClNO4/c1-6-4-7(11)5-9(12(15)16)8(6)2-3-10(13)14/h2-5H,1H3,(H,13,14)/b3-2+. The molecule has 0 aromatic heterocycles. The molecule has 16 heavy (non-hydrogen) atoms. The van der Waals surface area contributed by atoms with Crippen LogP contribution in [0.1, 0.15) is 11.1 Å². The van der Waals surface area contributed by atoms with E-state index in [2.05, 4.69) is 0 Å². The monoisotopic (exact) mass is 241 g/mol. The Balaban J connectivity index is 3.35. The van der Waals surface area contributed by atoms with E-state index in [4.69, 9.17) is 16.7 Å². The molecule has 0 heterocycles. The van der Waals surface area contributed by atoms with E-state index >= 15 is 0 Å². The van der Waals surface area contributed by atoms with Crippen LogP contribution in [0.25, 0.3) is 6.08 Å². The van der Waals surface area contributed by atoms with Crippen molar-refractivity contribution in [2.45, 2.75) is 6.92 Å². The fourth-order valence-electron chi connectivity index (χ4n) is 1.26. The van der Waals surface area contributed by atoms with Gasteiger partial charge in [-0.3, -0.25) is 10.1 Å². The number of aryl methyl sites for hydroxylation is 1. The van der Waals surface area contributed by atoms with Crippen molar-refractivity contribution in [3.8, 4) is 0 Å². The number of benzene rings is 1. The molecule has 0 bridgehead atoms. The number of nitrogens with zero attached hydrogens (tertiary/aromatic N) is 1. The average molecular weight is 242 g/mol. The molecule has 0 aliphatic rings. The van der Waals surface area contributed by atoms with E-state index in [0.717, 1.165) is 6.08 Å². The molecule has 1 N–H and O–H groups in total. The SMILES string of the molecule is Cc1cc(Cl)cc([N+](=O)[O-])c1/C=C/C(=O)O. The Hall–Kier alpha value is -1.88. The molecule has 0 saturated carbocycles. The second-order valence-electron chi connectivity index (χ2n) is 3.08. The predicted octanol–water partition coefficient (Wildman–Crippen LogP) is 2.65. The van der Waals surface area contributed by atoms with Gasteiger partial charge in [0.25, 0.3) is 5.69 Å². The van der Waals surface area contributed by atoms with Gasteiger partial charge >= 0.3 is 5.97 Å². The first-order valence-corrected chi connectivity index (χ1v) is 4.65. The van der Waals surface area contributed by atoms with Gasteiger partial charge in [0.2, 0.25) is 0 Å². The summed E-state index contributed by atoms with van der Waals surface area (Å²) >= 11 is 5.68. The van der Waals surface area contributed by atoms with Crippen LogP contribution in [0.5, 0.6) is 0 Å². The van der Waals surface area contributed by atoms with Gasteiger partial charge in [-0.2, -0.15) is 0 Å².